The highest BCUT2D eigenvalue weighted by molar-refractivity contribution is 7.60. The third kappa shape index (κ3) is 4.90. The van der Waals surface area contributed by atoms with Gasteiger partial charge in [0.2, 0.25) is 0 Å². The van der Waals surface area contributed by atoms with Crippen LogP contribution in [0.25, 0.3) is 0 Å². The van der Waals surface area contributed by atoms with Gasteiger partial charge in [-0.05, 0) is 28.0 Å². The Balaban J connectivity index is 1.77. The maximum absolute atomic E-state index is 4.96. The molecule has 2 heterocycles. The van der Waals surface area contributed by atoms with E-state index in [1.165, 1.54) is 5.69 Å². The highest BCUT2D eigenvalue weighted by Gasteiger charge is 2.34. The monoisotopic (exact) mass is 379 g/mol. The third-order valence-electron chi connectivity index (χ3n) is 4.78. The summed E-state index contributed by atoms with van der Waals surface area (Å²) in [6, 6.07) is 16.6. The Kier molecular flexibility index (Phi) is 5.63. The average molecular weight is 379 g/mol. The SMILES string of the molecule is CC(C)(C)P(Cc1cccc(C2=NN=C(c3ccccc3)C2)n1)C(C)(C)C. The van der Waals surface area contributed by atoms with Gasteiger partial charge in [0.15, 0.2) is 0 Å². The Morgan fingerprint density at radius 1 is 0.778 bits per heavy atom. The topological polar surface area (TPSA) is 37.6 Å². The summed E-state index contributed by atoms with van der Waals surface area (Å²) in [7, 11) is -0.220. The molecule has 0 amide bonds. The summed E-state index contributed by atoms with van der Waals surface area (Å²) in [5.41, 5.74) is 5.24. The number of aromatic nitrogens is 1. The second kappa shape index (κ2) is 7.64. The van der Waals surface area contributed by atoms with E-state index < -0.39 is 0 Å². The van der Waals surface area contributed by atoms with E-state index in [9.17, 15) is 0 Å². The maximum Gasteiger partial charge on any atom is 0.0947 e. The van der Waals surface area contributed by atoms with E-state index >= 15 is 0 Å². The molecule has 4 heteroatoms. The minimum atomic E-state index is -0.220. The predicted molar refractivity (Wildman–Crippen MR) is 119 cm³/mol. The van der Waals surface area contributed by atoms with Gasteiger partial charge in [-0.2, -0.15) is 10.2 Å². The van der Waals surface area contributed by atoms with Crippen LogP contribution in [0.15, 0.2) is 58.7 Å². The maximum atomic E-state index is 4.96. The van der Waals surface area contributed by atoms with Crippen molar-refractivity contribution in [3.8, 4) is 0 Å². The molecule has 27 heavy (non-hydrogen) atoms. The first kappa shape index (κ1) is 19.9. The number of benzene rings is 1. The molecule has 0 spiro atoms. The number of rotatable bonds is 4. The quantitative estimate of drug-likeness (QED) is 0.578. The summed E-state index contributed by atoms with van der Waals surface area (Å²) in [5.74, 6) is 0. The van der Waals surface area contributed by atoms with Crippen LogP contribution in [0.3, 0.4) is 0 Å². The molecule has 2 aromatic rings. The molecule has 1 aromatic heterocycles. The van der Waals surface area contributed by atoms with Gasteiger partial charge < -0.3 is 0 Å². The molecule has 0 fully saturated rings. The second-order valence-corrected chi connectivity index (χ2v) is 12.9. The Bertz CT molecular complexity index is 841. The first-order chi connectivity index (χ1) is 12.6. The molecule has 3 rings (SSSR count). The van der Waals surface area contributed by atoms with E-state index in [4.69, 9.17) is 4.98 Å². The first-order valence-electron chi connectivity index (χ1n) is 9.57. The van der Waals surface area contributed by atoms with Gasteiger partial charge in [0.25, 0.3) is 0 Å². The van der Waals surface area contributed by atoms with Crippen LogP contribution in [0.2, 0.25) is 0 Å². The lowest BCUT2D eigenvalue weighted by Crippen LogP contribution is -2.26. The van der Waals surface area contributed by atoms with Gasteiger partial charge in [0.05, 0.1) is 17.1 Å². The van der Waals surface area contributed by atoms with Gasteiger partial charge in [0, 0.05) is 18.3 Å². The van der Waals surface area contributed by atoms with Crippen LogP contribution in [0.4, 0.5) is 0 Å². The lowest BCUT2D eigenvalue weighted by molar-refractivity contribution is 0.701. The van der Waals surface area contributed by atoms with Crippen molar-refractivity contribution in [2.45, 2.75) is 64.4 Å². The molecule has 3 nitrogen and oxygen atoms in total. The molecule has 0 radical (unpaired) electrons. The lowest BCUT2D eigenvalue weighted by atomic mass is 10.0. The van der Waals surface area contributed by atoms with Crippen molar-refractivity contribution in [2.24, 2.45) is 10.2 Å². The van der Waals surface area contributed by atoms with E-state index in [0.717, 1.165) is 35.3 Å². The molecule has 0 unspecified atom stereocenters. The fourth-order valence-electron chi connectivity index (χ4n) is 3.65. The number of pyridine rings is 1. The third-order valence-corrected chi connectivity index (χ3v) is 8.65. The largest absolute Gasteiger partial charge is 0.251 e. The molecule has 1 aromatic carbocycles. The van der Waals surface area contributed by atoms with Gasteiger partial charge in [-0.15, -0.1) is 0 Å². The minimum Gasteiger partial charge on any atom is -0.251 e. The fraction of sp³-hybridized carbons (Fsp3) is 0.435. The minimum absolute atomic E-state index is 0.220. The lowest BCUT2D eigenvalue weighted by Gasteiger charge is -2.41. The fourth-order valence-corrected chi connectivity index (χ4v) is 7.11. The van der Waals surface area contributed by atoms with Crippen molar-refractivity contribution in [3.63, 3.8) is 0 Å². The Hall–Kier alpha value is -1.86. The van der Waals surface area contributed by atoms with Crippen LogP contribution in [0.1, 0.15) is 64.9 Å². The van der Waals surface area contributed by atoms with Crippen LogP contribution < -0.4 is 0 Å². The molecule has 0 aliphatic carbocycles. The van der Waals surface area contributed by atoms with Crippen LogP contribution in [-0.4, -0.2) is 26.7 Å². The van der Waals surface area contributed by atoms with Gasteiger partial charge in [-0.1, -0.05) is 85.9 Å². The molecule has 0 saturated heterocycles. The van der Waals surface area contributed by atoms with Gasteiger partial charge >= 0.3 is 0 Å². The number of nitrogens with zero attached hydrogens (tertiary/aromatic N) is 3. The van der Waals surface area contributed by atoms with Crippen LogP contribution in [-0.2, 0) is 6.16 Å². The van der Waals surface area contributed by atoms with Crippen molar-refractivity contribution in [1.29, 1.82) is 0 Å². The Morgan fingerprint density at radius 3 is 2.04 bits per heavy atom. The van der Waals surface area contributed by atoms with E-state index in [2.05, 4.69) is 82.1 Å². The van der Waals surface area contributed by atoms with Gasteiger partial charge in [-0.25, -0.2) is 0 Å². The second-order valence-electron chi connectivity index (χ2n) is 9.08. The van der Waals surface area contributed by atoms with E-state index in [1.807, 2.05) is 18.2 Å². The van der Waals surface area contributed by atoms with E-state index in [-0.39, 0.29) is 7.92 Å². The highest BCUT2D eigenvalue weighted by Crippen LogP contribution is 2.61. The highest BCUT2D eigenvalue weighted by atomic mass is 31.1. The standard InChI is InChI=1S/C23H30N3P/c1-22(2,3)27(23(4,5)6)16-18-13-10-14-19(24-18)21-15-20(25-26-21)17-11-8-7-9-12-17/h7-14H,15-16H2,1-6H3. The van der Waals surface area contributed by atoms with Crippen molar-refractivity contribution in [2.75, 3.05) is 0 Å². The molecule has 0 N–H and O–H groups in total. The summed E-state index contributed by atoms with van der Waals surface area (Å²) in [6.45, 7) is 14.1. The average Bonchev–Trinajstić information content (AvgIpc) is 3.09. The molecule has 0 saturated carbocycles. The van der Waals surface area contributed by atoms with Crippen molar-refractivity contribution < 1.29 is 0 Å². The molecule has 1 aliphatic heterocycles. The summed E-state index contributed by atoms with van der Waals surface area (Å²) >= 11 is 0. The summed E-state index contributed by atoms with van der Waals surface area (Å²) in [4.78, 5) is 4.96. The molecular formula is C23H30N3P. The Labute approximate surface area is 164 Å². The van der Waals surface area contributed by atoms with Crippen molar-refractivity contribution in [1.82, 2.24) is 4.98 Å². The summed E-state index contributed by atoms with van der Waals surface area (Å²) in [6.07, 6.45) is 1.78. The van der Waals surface area contributed by atoms with E-state index in [1.54, 1.807) is 0 Å². The molecule has 0 bridgehead atoms. The number of hydrogen-bond donors (Lipinski definition) is 0. The first-order valence-corrected chi connectivity index (χ1v) is 11.1. The molecule has 142 valence electrons. The van der Waals surface area contributed by atoms with Crippen LogP contribution in [0.5, 0.6) is 0 Å². The van der Waals surface area contributed by atoms with Crippen LogP contribution >= 0.6 is 7.92 Å². The van der Waals surface area contributed by atoms with Gasteiger partial charge in [0.1, 0.15) is 0 Å². The van der Waals surface area contributed by atoms with Crippen molar-refractivity contribution >= 4 is 19.3 Å². The smallest absolute Gasteiger partial charge is 0.0947 e. The zero-order valence-corrected chi connectivity index (χ0v) is 18.2. The number of hydrogen-bond acceptors (Lipinski definition) is 3. The molecule has 1 aliphatic rings. The Morgan fingerprint density at radius 2 is 1.41 bits per heavy atom. The molecule has 0 atom stereocenters. The zero-order valence-electron chi connectivity index (χ0n) is 17.3. The summed E-state index contributed by atoms with van der Waals surface area (Å²) in [5, 5.41) is 9.41. The normalized spacial score (nSPS) is 15.1. The summed E-state index contributed by atoms with van der Waals surface area (Å²) < 4.78 is 0. The predicted octanol–water partition coefficient (Wildman–Crippen LogP) is 6.26. The van der Waals surface area contributed by atoms with Crippen molar-refractivity contribution in [3.05, 3.63) is 65.5 Å². The van der Waals surface area contributed by atoms with Gasteiger partial charge in [-0.3, -0.25) is 4.98 Å². The van der Waals surface area contributed by atoms with Crippen LogP contribution in [0, 0.1) is 0 Å². The zero-order chi connectivity index (χ0) is 19.7. The van der Waals surface area contributed by atoms with E-state index in [0.29, 0.717) is 10.3 Å². The molecular weight excluding hydrogens is 349 g/mol.